The number of pyridine rings is 1. The summed E-state index contributed by atoms with van der Waals surface area (Å²) in [4.78, 5) is 3.91. The van der Waals surface area contributed by atoms with Crippen LogP contribution < -0.4 is 0 Å². The minimum Gasteiger partial charge on any atom is -0.386 e. The fourth-order valence-corrected chi connectivity index (χ4v) is 1.55. The monoisotopic (exact) mass is 219 g/mol. The molecule has 72 valence electrons. The van der Waals surface area contributed by atoms with E-state index in [0.717, 1.165) is 5.56 Å². The predicted octanol–water partition coefficient (Wildman–Crippen LogP) is 2.92. The smallest absolute Gasteiger partial charge is 0.136 e. The summed E-state index contributed by atoms with van der Waals surface area (Å²) in [5, 5.41) is 10.3. The minimum atomic E-state index is -0.987. The van der Waals surface area contributed by atoms with E-state index in [1.165, 1.54) is 0 Å². The van der Waals surface area contributed by atoms with E-state index in [4.69, 9.17) is 23.2 Å². The molecule has 1 aromatic heterocycles. The second-order valence-electron chi connectivity index (χ2n) is 3.49. The van der Waals surface area contributed by atoms with E-state index in [0.29, 0.717) is 10.7 Å². The van der Waals surface area contributed by atoms with Gasteiger partial charge in [-0.25, -0.2) is 4.98 Å². The maximum Gasteiger partial charge on any atom is 0.136 e. The highest BCUT2D eigenvalue weighted by Gasteiger charge is 2.21. The standard InChI is InChI=1S/C9H11Cl2NO/c1-5-4-6(9(2,3)13)8(11)12-7(5)10/h4,13H,1-3H3. The van der Waals surface area contributed by atoms with Crippen LogP contribution in [0.4, 0.5) is 0 Å². The van der Waals surface area contributed by atoms with Crippen LogP contribution in [0.25, 0.3) is 0 Å². The van der Waals surface area contributed by atoms with Gasteiger partial charge in [0, 0.05) is 5.56 Å². The Labute approximate surface area is 87.5 Å². The fourth-order valence-electron chi connectivity index (χ4n) is 0.999. The molecule has 0 aliphatic heterocycles. The molecule has 13 heavy (non-hydrogen) atoms. The number of aryl methyl sites for hydroxylation is 1. The first-order valence-corrected chi connectivity index (χ1v) is 4.63. The van der Waals surface area contributed by atoms with Crippen molar-refractivity contribution in [3.05, 3.63) is 27.5 Å². The fraction of sp³-hybridized carbons (Fsp3) is 0.444. The van der Waals surface area contributed by atoms with Crippen LogP contribution in [-0.2, 0) is 5.60 Å². The Bertz CT molecular complexity index is 331. The van der Waals surface area contributed by atoms with Crippen molar-refractivity contribution >= 4 is 23.2 Å². The summed E-state index contributed by atoms with van der Waals surface area (Å²) >= 11 is 11.6. The molecule has 1 aromatic rings. The zero-order valence-electron chi connectivity index (χ0n) is 7.73. The molecule has 0 bridgehead atoms. The second kappa shape index (κ2) is 3.45. The van der Waals surface area contributed by atoms with E-state index < -0.39 is 5.60 Å². The third kappa shape index (κ3) is 2.33. The second-order valence-corrected chi connectivity index (χ2v) is 4.21. The van der Waals surface area contributed by atoms with Crippen molar-refractivity contribution in [3.8, 4) is 0 Å². The Morgan fingerprint density at radius 2 is 1.85 bits per heavy atom. The lowest BCUT2D eigenvalue weighted by atomic mass is 9.99. The number of halogens is 2. The van der Waals surface area contributed by atoms with Gasteiger partial charge in [-0.05, 0) is 32.4 Å². The highest BCUT2D eigenvalue weighted by atomic mass is 35.5. The van der Waals surface area contributed by atoms with Gasteiger partial charge in [0.2, 0.25) is 0 Å². The van der Waals surface area contributed by atoms with Gasteiger partial charge in [0.15, 0.2) is 0 Å². The Hall–Kier alpha value is -0.310. The summed E-state index contributed by atoms with van der Waals surface area (Å²) < 4.78 is 0. The first-order valence-electron chi connectivity index (χ1n) is 3.88. The summed E-state index contributed by atoms with van der Waals surface area (Å²) in [6.07, 6.45) is 0. The van der Waals surface area contributed by atoms with Crippen molar-refractivity contribution < 1.29 is 5.11 Å². The van der Waals surface area contributed by atoms with E-state index in [-0.39, 0.29) is 5.15 Å². The lowest BCUT2D eigenvalue weighted by Gasteiger charge is -2.19. The van der Waals surface area contributed by atoms with Crippen molar-refractivity contribution in [3.63, 3.8) is 0 Å². The van der Waals surface area contributed by atoms with Crippen LogP contribution in [0.3, 0.4) is 0 Å². The van der Waals surface area contributed by atoms with Gasteiger partial charge in [0.25, 0.3) is 0 Å². The van der Waals surface area contributed by atoms with Crippen LogP contribution in [0.5, 0.6) is 0 Å². The molecule has 1 N–H and O–H groups in total. The highest BCUT2D eigenvalue weighted by molar-refractivity contribution is 6.33. The summed E-state index contributed by atoms with van der Waals surface area (Å²) in [6, 6.07) is 1.75. The van der Waals surface area contributed by atoms with Crippen LogP contribution in [0.15, 0.2) is 6.07 Å². The predicted molar refractivity (Wildman–Crippen MR) is 54.2 cm³/mol. The van der Waals surface area contributed by atoms with Crippen LogP contribution in [0, 0.1) is 6.92 Å². The number of hydrogen-bond acceptors (Lipinski definition) is 2. The van der Waals surface area contributed by atoms with E-state index in [2.05, 4.69) is 4.98 Å². The molecular formula is C9H11Cl2NO. The van der Waals surface area contributed by atoms with E-state index in [9.17, 15) is 5.11 Å². The van der Waals surface area contributed by atoms with E-state index >= 15 is 0 Å². The number of rotatable bonds is 1. The summed E-state index contributed by atoms with van der Waals surface area (Å²) in [6.45, 7) is 5.13. The first kappa shape index (κ1) is 10.8. The largest absolute Gasteiger partial charge is 0.386 e. The molecule has 0 unspecified atom stereocenters. The van der Waals surface area contributed by atoms with Crippen LogP contribution in [0.1, 0.15) is 25.0 Å². The number of aromatic nitrogens is 1. The Morgan fingerprint density at radius 3 is 2.31 bits per heavy atom. The lowest BCUT2D eigenvalue weighted by Crippen LogP contribution is -2.17. The molecule has 0 saturated carbocycles. The van der Waals surface area contributed by atoms with Gasteiger partial charge in [-0.15, -0.1) is 0 Å². The van der Waals surface area contributed by atoms with Crippen LogP contribution >= 0.6 is 23.2 Å². The molecule has 0 amide bonds. The molecule has 2 nitrogen and oxygen atoms in total. The molecule has 1 rings (SSSR count). The van der Waals surface area contributed by atoms with Crippen molar-refractivity contribution in [1.82, 2.24) is 4.98 Å². The van der Waals surface area contributed by atoms with Gasteiger partial charge in [-0.3, -0.25) is 0 Å². The molecule has 0 aliphatic carbocycles. The van der Waals surface area contributed by atoms with Gasteiger partial charge < -0.3 is 5.11 Å². The topological polar surface area (TPSA) is 33.1 Å². The van der Waals surface area contributed by atoms with Gasteiger partial charge in [0.05, 0.1) is 5.60 Å². The van der Waals surface area contributed by atoms with Gasteiger partial charge in [-0.1, -0.05) is 23.2 Å². The molecule has 0 aromatic carbocycles. The van der Waals surface area contributed by atoms with Crippen molar-refractivity contribution in [2.24, 2.45) is 0 Å². The zero-order valence-corrected chi connectivity index (χ0v) is 9.24. The third-order valence-corrected chi connectivity index (χ3v) is 2.43. The quantitative estimate of drug-likeness (QED) is 0.738. The molecule has 4 heteroatoms. The Morgan fingerprint density at radius 1 is 1.31 bits per heavy atom. The minimum absolute atomic E-state index is 0.253. The average molecular weight is 220 g/mol. The normalized spacial score (nSPS) is 11.8. The third-order valence-electron chi connectivity index (χ3n) is 1.76. The molecule has 0 saturated heterocycles. The van der Waals surface area contributed by atoms with Crippen LogP contribution in [-0.4, -0.2) is 10.1 Å². The maximum absolute atomic E-state index is 9.72. The van der Waals surface area contributed by atoms with Crippen molar-refractivity contribution in [2.45, 2.75) is 26.4 Å². The number of hydrogen-bond donors (Lipinski definition) is 1. The molecule has 0 spiro atoms. The van der Waals surface area contributed by atoms with Gasteiger partial charge in [0.1, 0.15) is 10.3 Å². The van der Waals surface area contributed by atoms with Gasteiger partial charge in [-0.2, -0.15) is 0 Å². The summed E-state index contributed by atoms with van der Waals surface area (Å²) in [5.41, 5.74) is 0.415. The summed E-state index contributed by atoms with van der Waals surface area (Å²) in [5.74, 6) is 0. The van der Waals surface area contributed by atoms with Crippen molar-refractivity contribution in [2.75, 3.05) is 0 Å². The van der Waals surface area contributed by atoms with E-state index in [1.807, 2.05) is 6.92 Å². The highest BCUT2D eigenvalue weighted by Crippen LogP contribution is 2.29. The Balaban J connectivity index is 3.32. The summed E-state index contributed by atoms with van der Waals surface area (Å²) in [7, 11) is 0. The maximum atomic E-state index is 9.72. The molecular weight excluding hydrogens is 209 g/mol. The lowest BCUT2D eigenvalue weighted by molar-refractivity contribution is 0.0783. The SMILES string of the molecule is Cc1cc(C(C)(C)O)c(Cl)nc1Cl. The molecule has 0 atom stereocenters. The number of nitrogens with zero attached hydrogens (tertiary/aromatic N) is 1. The number of aliphatic hydroxyl groups is 1. The van der Waals surface area contributed by atoms with Gasteiger partial charge >= 0.3 is 0 Å². The molecule has 0 fully saturated rings. The van der Waals surface area contributed by atoms with Crippen molar-refractivity contribution in [1.29, 1.82) is 0 Å². The van der Waals surface area contributed by atoms with Crippen LogP contribution in [0.2, 0.25) is 10.3 Å². The Kier molecular flexibility index (Phi) is 2.85. The molecule has 0 aliphatic rings. The first-order chi connectivity index (χ1) is 5.82. The van der Waals surface area contributed by atoms with E-state index in [1.54, 1.807) is 19.9 Å². The molecule has 0 radical (unpaired) electrons. The average Bonchev–Trinajstić information content (AvgIpc) is 1.94. The zero-order chi connectivity index (χ0) is 10.2. The molecule has 1 heterocycles.